The van der Waals surface area contributed by atoms with Crippen LogP contribution in [0.2, 0.25) is 0 Å². The molecule has 0 aliphatic carbocycles. The molecule has 0 aliphatic rings. The van der Waals surface area contributed by atoms with Crippen molar-refractivity contribution in [3.05, 3.63) is 30.3 Å². The van der Waals surface area contributed by atoms with Crippen molar-refractivity contribution in [2.45, 2.75) is 0 Å². The lowest BCUT2D eigenvalue weighted by molar-refractivity contribution is 0.255. The zero-order valence-electron chi connectivity index (χ0n) is 12.6. The van der Waals surface area contributed by atoms with Crippen LogP contribution in [0.4, 0.5) is 10.7 Å². The molecule has 2 N–H and O–H groups in total. The van der Waals surface area contributed by atoms with Crippen LogP contribution in [0.3, 0.4) is 0 Å². The Kier molecular flexibility index (Phi) is 5.31. The summed E-state index contributed by atoms with van der Waals surface area (Å²) in [6, 6.07) is 6.28. The molecule has 0 radical (unpaired) electrons. The molecule has 24 heavy (non-hydrogen) atoms. The van der Waals surface area contributed by atoms with E-state index in [1.54, 1.807) is 22.9 Å². The van der Waals surface area contributed by atoms with Crippen molar-refractivity contribution < 1.29 is 26.9 Å². The number of carbonyl (C=O) groups excluding carboxylic acids is 1. The molecule has 12 heteroatoms. The number of urea groups is 1. The van der Waals surface area contributed by atoms with Gasteiger partial charge in [-0.1, -0.05) is 18.2 Å². The minimum atomic E-state index is -4.38. The highest BCUT2D eigenvalue weighted by Crippen LogP contribution is 2.13. The summed E-state index contributed by atoms with van der Waals surface area (Å²) in [5, 5.41) is 2.10. The topological polar surface area (TPSA) is 142 Å². The quantitative estimate of drug-likeness (QED) is 0.749. The normalized spacial score (nSPS) is 10.6. The maximum Gasteiger partial charge on any atom is 0.411 e. The molecule has 2 aromatic rings. The van der Waals surface area contributed by atoms with Gasteiger partial charge in [-0.15, -0.1) is 4.98 Å². The first-order valence-corrected chi connectivity index (χ1v) is 7.75. The Labute approximate surface area is 137 Å². The average Bonchev–Trinajstić information content (AvgIpc) is 2.54. The molecule has 2 amide bonds. The second kappa shape index (κ2) is 7.41. The maximum atomic E-state index is 11.8. The van der Waals surface area contributed by atoms with E-state index in [9.17, 15) is 13.2 Å². The maximum absolute atomic E-state index is 11.8. The summed E-state index contributed by atoms with van der Waals surface area (Å²) in [6.45, 7) is 0. The smallest absolute Gasteiger partial charge is 0.411 e. The van der Waals surface area contributed by atoms with E-state index in [-0.39, 0.29) is 23.7 Å². The molecule has 11 nitrogen and oxygen atoms in total. The predicted molar refractivity (Wildman–Crippen MR) is 81.1 cm³/mol. The number of nitrogens with zero attached hydrogens (tertiary/aromatic N) is 3. The summed E-state index contributed by atoms with van der Waals surface area (Å²) < 4.78 is 39.4. The van der Waals surface area contributed by atoms with Crippen molar-refractivity contribution in [2.75, 3.05) is 19.5 Å². The van der Waals surface area contributed by atoms with Crippen molar-refractivity contribution in [2.24, 2.45) is 0 Å². The third-order valence-corrected chi connectivity index (χ3v) is 3.20. The largest absolute Gasteiger partial charge is 0.467 e. The highest BCUT2D eigenvalue weighted by molar-refractivity contribution is 7.85. The van der Waals surface area contributed by atoms with Gasteiger partial charge >= 0.3 is 28.4 Å². The Hall–Kier alpha value is -3.15. The predicted octanol–water partition coefficient (Wildman–Crippen LogP) is 0.334. The van der Waals surface area contributed by atoms with Gasteiger partial charge < -0.3 is 13.7 Å². The number of rotatable bonds is 6. The Morgan fingerprint density at radius 2 is 1.58 bits per heavy atom. The second-order valence-electron chi connectivity index (χ2n) is 4.04. The molecule has 0 unspecified atom stereocenters. The van der Waals surface area contributed by atoms with Gasteiger partial charge in [-0.05, 0) is 12.1 Å². The number of benzene rings is 1. The van der Waals surface area contributed by atoms with Crippen LogP contribution in [-0.2, 0) is 10.3 Å². The Bertz CT molecular complexity index is 792. The molecule has 128 valence electrons. The second-order valence-corrected chi connectivity index (χ2v) is 5.32. The molecule has 1 aromatic heterocycles. The fourth-order valence-electron chi connectivity index (χ4n) is 1.44. The van der Waals surface area contributed by atoms with Crippen LogP contribution in [0.5, 0.6) is 17.8 Å². The van der Waals surface area contributed by atoms with Crippen LogP contribution in [0.1, 0.15) is 0 Å². The number of methoxy groups -OCH3 is 2. The number of aromatic nitrogens is 3. The van der Waals surface area contributed by atoms with E-state index >= 15 is 0 Å². The number of hydrogen-bond acceptors (Lipinski definition) is 9. The van der Waals surface area contributed by atoms with E-state index in [0.717, 1.165) is 0 Å². The molecule has 0 saturated carbocycles. The zero-order valence-corrected chi connectivity index (χ0v) is 13.4. The zero-order chi connectivity index (χ0) is 17.6. The fourth-order valence-corrected chi connectivity index (χ4v) is 2.12. The lowest BCUT2D eigenvalue weighted by Crippen LogP contribution is -2.37. The van der Waals surface area contributed by atoms with E-state index in [0.29, 0.717) is 0 Å². The lowest BCUT2D eigenvalue weighted by atomic mass is 10.3. The van der Waals surface area contributed by atoms with Crippen LogP contribution in [0.25, 0.3) is 0 Å². The molecule has 0 atom stereocenters. The average molecular weight is 355 g/mol. The first-order valence-electron chi connectivity index (χ1n) is 6.34. The van der Waals surface area contributed by atoms with Gasteiger partial charge in [0, 0.05) is 0 Å². The monoisotopic (exact) mass is 355 g/mol. The Balaban J connectivity index is 2.05. The molecule has 0 spiro atoms. The molecule has 2 rings (SSSR count). The van der Waals surface area contributed by atoms with Crippen molar-refractivity contribution in [3.8, 4) is 17.8 Å². The van der Waals surface area contributed by atoms with Gasteiger partial charge in [-0.3, -0.25) is 5.32 Å². The van der Waals surface area contributed by atoms with Crippen LogP contribution in [0, 0.1) is 0 Å². The van der Waals surface area contributed by atoms with E-state index in [1.807, 2.05) is 0 Å². The van der Waals surface area contributed by atoms with Crippen molar-refractivity contribution in [3.63, 3.8) is 0 Å². The van der Waals surface area contributed by atoms with Crippen LogP contribution >= 0.6 is 0 Å². The van der Waals surface area contributed by atoms with Gasteiger partial charge in [0.15, 0.2) is 0 Å². The van der Waals surface area contributed by atoms with Gasteiger partial charge in [0.05, 0.1) is 14.2 Å². The lowest BCUT2D eigenvalue weighted by Gasteiger charge is -2.09. The number of amides is 2. The van der Waals surface area contributed by atoms with Crippen LogP contribution < -0.4 is 23.7 Å². The molecule has 0 aliphatic heterocycles. The first-order chi connectivity index (χ1) is 11.4. The fraction of sp³-hybridized carbons (Fsp3) is 0.167. The van der Waals surface area contributed by atoms with Crippen molar-refractivity contribution >= 4 is 22.3 Å². The van der Waals surface area contributed by atoms with E-state index < -0.39 is 16.3 Å². The molecule has 1 heterocycles. The van der Waals surface area contributed by atoms with Crippen LogP contribution in [-0.4, -0.2) is 43.6 Å². The number of carbonyl (C=O) groups is 1. The summed E-state index contributed by atoms with van der Waals surface area (Å²) in [6.07, 6.45) is 0. The number of ether oxygens (including phenoxy) is 2. The van der Waals surface area contributed by atoms with Gasteiger partial charge in [0.1, 0.15) is 5.75 Å². The SMILES string of the molecule is COc1nc(NC(=O)NS(=O)(=O)Oc2ccccc2)nc(OC)n1. The third kappa shape index (κ3) is 4.95. The molecular weight excluding hydrogens is 342 g/mol. The number of hydrogen-bond donors (Lipinski definition) is 2. The molecule has 0 fully saturated rings. The molecular formula is C12H13N5O6S. The Morgan fingerprint density at radius 3 is 2.12 bits per heavy atom. The van der Waals surface area contributed by atoms with E-state index in [2.05, 4.69) is 20.3 Å². The molecule has 0 saturated heterocycles. The summed E-state index contributed by atoms with van der Waals surface area (Å²) in [5.41, 5.74) is 0. The molecule has 0 bridgehead atoms. The first kappa shape index (κ1) is 17.2. The molecule has 1 aromatic carbocycles. The minimum absolute atomic E-state index is 0.0429. The standard InChI is InChI=1S/C12H13N5O6S/c1-21-11-14-9(15-12(16-11)22-2)13-10(18)17-24(19,20)23-8-6-4-3-5-7-8/h3-7H,1-2H3,(H2,13,14,15,16,17,18). The summed E-state index contributed by atoms with van der Waals surface area (Å²) in [7, 11) is -1.78. The number of nitrogens with one attached hydrogen (secondary N) is 2. The summed E-state index contributed by atoms with van der Waals surface area (Å²) in [5.74, 6) is -0.229. The van der Waals surface area contributed by atoms with Crippen LogP contribution in [0.15, 0.2) is 30.3 Å². The van der Waals surface area contributed by atoms with Crippen molar-refractivity contribution in [1.82, 2.24) is 19.7 Å². The number of para-hydroxylation sites is 1. The van der Waals surface area contributed by atoms with Gasteiger partial charge in [0.2, 0.25) is 5.95 Å². The highest BCUT2D eigenvalue weighted by atomic mass is 32.2. The van der Waals surface area contributed by atoms with Crippen molar-refractivity contribution in [1.29, 1.82) is 0 Å². The Morgan fingerprint density at radius 1 is 1.00 bits per heavy atom. The highest BCUT2D eigenvalue weighted by Gasteiger charge is 2.18. The van der Waals surface area contributed by atoms with E-state index in [4.69, 9.17) is 13.7 Å². The van der Waals surface area contributed by atoms with E-state index in [1.165, 1.54) is 26.4 Å². The minimum Gasteiger partial charge on any atom is -0.467 e. The third-order valence-electron chi connectivity index (χ3n) is 2.35. The van der Waals surface area contributed by atoms with Gasteiger partial charge in [0.25, 0.3) is 0 Å². The van der Waals surface area contributed by atoms with Gasteiger partial charge in [-0.2, -0.15) is 18.4 Å². The number of anilines is 1. The summed E-state index contributed by atoms with van der Waals surface area (Å²) in [4.78, 5) is 22.9. The van der Waals surface area contributed by atoms with Gasteiger partial charge in [-0.25, -0.2) is 9.52 Å². The summed E-state index contributed by atoms with van der Waals surface area (Å²) >= 11 is 0.